The van der Waals surface area contributed by atoms with Crippen molar-refractivity contribution in [2.75, 3.05) is 0 Å². The molecule has 0 aliphatic heterocycles. The predicted octanol–water partition coefficient (Wildman–Crippen LogP) is 4.22. The fourth-order valence-electron chi connectivity index (χ4n) is 3.82. The molecule has 0 fully saturated rings. The fourth-order valence-corrected chi connectivity index (χ4v) is 17.6. The Hall–Kier alpha value is -1.77. The van der Waals surface area contributed by atoms with E-state index >= 15 is 0 Å². The fraction of sp³-hybridized carbons (Fsp3) is 0.217. The molecule has 3 aromatic carbocycles. The molecule has 0 aliphatic carbocycles. The molecule has 3 rings (SSSR count). The van der Waals surface area contributed by atoms with Gasteiger partial charge < -0.3 is 8.23 Å². The third-order valence-electron chi connectivity index (χ3n) is 5.07. The first-order valence-electron chi connectivity index (χ1n) is 9.80. The van der Waals surface area contributed by atoms with E-state index in [1.54, 1.807) is 0 Å². The normalized spacial score (nSPS) is 12.8. The topological polar surface area (TPSA) is 18.5 Å². The summed E-state index contributed by atoms with van der Waals surface area (Å²) in [5.41, 5.74) is 0. The van der Waals surface area contributed by atoms with Gasteiger partial charge in [-0.15, -0.1) is 0 Å². The number of hydrogen-bond donors (Lipinski definition) is 0. The smallest absolute Gasteiger partial charge is 0.311 e. The number of rotatable bonds is 7. The van der Waals surface area contributed by atoms with Crippen molar-refractivity contribution in [3.63, 3.8) is 0 Å². The first-order chi connectivity index (χ1) is 13.2. The van der Waals surface area contributed by atoms with Crippen molar-refractivity contribution in [2.45, 2.75) is 32.7 Å². The van der Waals surface area contributed by atoms with E-state index in [0.29, 0.717) is 0 Å². The monoisotopic (exact) mass is 422 g/mol. The average Bonchev–Trinajstić information content (AvgIpc) is 2.69. The third kappa shape index (κ3) is 4.79. The Kier molecular flexibility index (Phi) is 6.22. The lowest BCUT2D eigenvalue weighted by Gasteiger charge is -2.40. The first-order valence-corrected chi connectivity index (χ1v) is 17.9. The SMILES string of the molecule is C[Si](C)(O[Si](C)(C)c1ccccc1)O[Si](C)(c1ccccc1)c1ccccc1. The molecule has 0 aliphatic rings. The van der Waals surface area contributed by atoms with Crippen molar-refractivity contribution < 1.29 is 8.23 Å². The molecule has 0 bridgehead atoms. The molecule has 0 saturated carbocycles. The van der Waals surface area contributed by atoms with E-state index in [1.807, 2.05) is 0 Å². The number of benzene rings is 3. The predicted molar refractivity (Wildman–Crippen MR) is 127 cm³/mol. The highest BCUT2D eigenvalue weighted by molar-refractivity contribution is 7.02. The minimum absolute atomic E-state index is 1.28. The second kappa shape index (κ2) is 8.31. The van der Waals surface area contributed by atoms with Crippen LogP contribution in [0.2, 0.25) is 32.7 Å². The van der Waals surface area contributed by atoms with Gasteiger partial charge in [-0.3, -0.25) is 0 Å². The zero-order chi connectivity index (χ0) is 20.3. The summed E-state index contributed by atoms with van der Waals surface area (Å²) in [7, 11) is -6.84. The Bertz CT molecular complexity index is 842. The highest BCUT2D eigenvalue weighted by atomic mass is 28.5. The van der Waals surface area contributed by atoms with E-state index in [2.05, 4.69) is 124 Å². The summed E-state index contributed by atoms with van der Waals surface area (Å²) >= 11 is 0. The standard InChI is InChI=1S/C23H30O2Si3/c1-26(2,21-15-9-6-10-16-21)24-27(3,4)25-28(5,22-17-11-7-12-18-22)23-19-13-8-14-20-23/h6-20H,1-5H3. The summed E-state index contributed by atoms with van der Waals surface area (Å²) < 4.78 is 13.9. The quantitative estimate of drug-likeness (QED) is 0.531. The molecule has 0 N–H and O–H groups in total. The van der Waals surface area contributed by atoms with E-state index < -0.39 is 25.2 Å². The molecule has 0 aromatic heterocycles. The van der Waals surface area contributed by atoms with Gasteiger partial charge in [-0.1, -0.05) is 91.0 Å². The van der Waals surface area contributed by atoms with Gasteiger partial charge in [0.05, 0.1) is 0 Å². The lowest BCUT2D eigenvalue weighted by Crippen LogP contribution is -2.65. The Morgan fingerprint density at radius 3 is 1.21 bits per heavy atom. The molecule has 0 spiro atoms. The summed E-state index contributed by atoms with van der Waals surface area (Å²) in [6.07, 6.45) is 0. The average molecular weight is 423 g/mol. The Morgan fingerprint density at radius 1 is 0.464 bits per heavy atom. The minimum Gasteiger partial charge on any atom is -0.433 e. The van der Waals surface area contributed by atoms with Crippen molar-refractivity contribution in [3.05, 3.63) is 91.0 Å². The van der Waals surface area contributed by atoms with Crippen LogP contribution in [0.25, 0.3) is 0 Å². The van der Waals surface area contributed by atoms with Crippen LogP contribution in [0.4, 0.5) is 0 Å². The van der Waals surface area contributed by atoms with Crippen LogP contribution < -0.4 is 15.6 Å². The maximum atomic E-state index is 7.05. The van der Waals surface area contributed by atoms with Crippen molar-refractivity contribution >= 4 is 40.8 Å². The summed E-state index contributed by atoms with van der Waals surface area (Å²) in [6.45, 7) is 11.2. The molecule has 0 amide bonds. The molecule has 0 unspecified atom stereocenters. The maximum absolute atomic E-state index is 7.05. The number of hydrogen-bond acceptors (Lipinski definition) is 2. The maximum Gasteiger partial charge on any atom is 0.311 e. The van der Waals surface area contributed by atoms with Crippen molar-refractivity contribution in [3.8, 4) is 0 Å². The van der Waals surface area contributed by atoms with Gasteiger partial charge in [0.1, 0.15) is 0 Å². The Labute approximate surface area is 172 Å². The first kappa shape index (κ1) is 21.0. The molecular weight excluding hydrogens is 393 g/mol. The molecule has 0 saturated heterocycles. The van der Waals surface area contributed by atoms with Gasteiger partial charge in [0.25, 0.3) is 0 Å². The molecule has 28 heavy (non-hydrogen) atoms. The van der Waals surface area contributed by atoms with E-state index in [4.69, 9.17) is 8.23 Å². The van der Waals surface area contributed by atoms with Crippen molar-refractivity contribution in [1.82, 2.24) is 0 Å². The van der Waals surface area contributed by atoms with Crippen LogP contribution in [0.3, 0.4) is 0 Å². The van der Waals surface area contributed by atoms with Gasteiger partial charge >= 0.3 is 8.56 Å². The van der Waals surface area contributed by atoms with Crippen LogP contribution in [-0.4, -0.2) is 25.2 Å². The highest BCUT2D eigenvalue weighted by Gasteiger charge is 2.44. The summed E-state index contributed by atoms with van der Waals surface area (Å²) in [5.74, 6) is 0. The molecule has 0 radical (unpaired) electrons. The lowest BCUT2D eigenvalue weighted by atomic mass is 10.4. The van der Waals surface area contributed by atoms with E-state index in [1.165, 1.54) is 15.6 Å². The zero-order valence-electron chi connectivity index (χ0n) is 17.5. The largest absolute Gasteiger partial charge is 0.433 e. The zero-order valence-corrected chi connectivity index (χ0v) is 20.5. The van der Waals surface area contributed by atoms with E-state index in [-0.39, 0.29) is 0 Å². The van der Waals surface area contributed by atoms with Gasteiger partial charge in [0.2, 0.25) is 16.6 Å². The molecule has 5 heteroatoms. The van der Waals surface area contributed by atoms with Crippen LogP contribution in [-0.2, 0) is 8.23 Å². The van der Waals surface area contributed by atoms with Crippen LogP contribution in [0.1, 0.15) is 0 Å². The van der Waals surface area contributed by atoms with Crippen molar-refractivity contribution in [1.29, 1.82) is 0 Å². The van der Waals surface area contributed by atoms with Crippen LogP contribution in [0.5, 0.6) is 0 Å². The molecule has 146 valence electrons. The van der Waals surface area contributed by atoms with Crippen LogP contribution in [0, 0.1) is 0 Å². The molecule has 0 heterocycles. The van der Waals surface area contributed by atoms with Crippen molar-refractivity contribution in [2.24, 2.45) is 0 Å². The highest BCUT2D eigenvalue weighted by Crippen LogP contribution is 2.21. The minimum atomic E-state index is -2.40. The van der Waals surface area contributed by atoms with Crippen LogP contribution >= 0.6 is 0 Å². The van der Waals surface area contributed by atoms with Gasteiger partial charge in [-0.25, -0.2) is 0 Å². The van der Waals surface area contributed by atoms with Gasteiger partial charge in [-0.2, -0.15) is 0 Å². The lowest BCUT2D eigenvalue weighted by molar-refractivity contribution is 0.403. The van der Waals surface area contributed by atoms with Crippen LogP contribution in [0.15, 0.2) is 91.0 Å². The summed E-state index contributed by atoms with van der Waals surface area (Å²) in [5, 5.41) is 3.87. The molecule has 2 nitrogen and oxygen atoms in total. The second-order valence-corrected chi connectivity index (χ2v) is 19.5. The van der Waals surface area contributed by atoms with Gasteiger partial charge in [-0.05, 0) is 48.3 Å². The Balaban J connectivity index is 1.94. The van der Waals surface area contributed by atoms with E-state index in [0.717, 1.165) is 0 Å². The van der Waals surface area contributed by atoms with E-state index in [9.17, 15) is 0 Å². The molecular formula is C23H30O2Si3. The van der Waals surface area contributed by atoms with Gasteiger partial charge in [0, 0.05) is 0 Å². The third-order valence-corrected chi connectivity index (χ3v) is 17.3. The second-order valence-electron chi connectivity index (χ2n) is 8.25. The van der Waals surface area contributed by atoms with Gasteiger partial charge in [0.15, 0.2) is 0 Å². The Morgan fingerprint density at radius 2 is 0.821 bits per heavy atom. The summed E-state index contributed by atoms with van der Waals surface area (Å²) in [4.78, 5) is 0. The molecule has 3 aromatic rings. The summed E-state index contributed by atoms with van der Waals surface area (Å²) in [6, 6.07) is 31.9. The molecule has 0 atom stereocenters.